The van der Waals surface area contributed by atoms with E-state index in [9.17, 15) is 13.9 Å². The molecule has 6 heteroatoms. The predicted molar refractivity (Wildman–Crippen MR) is 80.4 cm³/mol. The summed E-state index contributed by atoms with van der Waals surface area (Å²) in [5, 5.41) is 14.1. The summed E-state index contributed by atoms with van der Waals surface area (Å²) >= 11 is 0. The number of aryl methyl sites for hydroxylation is 1. The van der Waals surface area contributed by atoms with E-state index >= 15 is 0 Å². The monoisotopic (exact) mass is 308 g/mol. The highest BCUT2D eigenvalue weighted by Crippen LogP contribution is 2.33. The van der Waals surface area contributed by atoms with E-state index in [0.29, 0.717) is 17.4 Å². The van der Waals surface area contributed by atoms with E-state index in [-0.39, 0.29) is 5.75 Å². The highest BCUT2D eigenvalue weighted by atomic mass is 19.3. The molecule has 1 saturated carbocycles. The number of halogens is 2. The Hall–Kier alpha value is -1.95. The van der Waals surface area contributed by atoms with Crippen LogP contribution in [0, 0.1) is 6.92 Å². The minimum absolute atomic E-state index is 0.0959. The molecule has 2 aromatic rings. The first-order valence-electron chi connectivity index (χ1n) is 7.28. The molecule has 4 nitrogen and oxygen atoms in total. The van der Waals surface area contributed by atoms with Crippen molar-refractivity contribution in [2.24, 2.45) is 0 Å². The zero-order valence-electron chi connectivity index (χ0n) is 12.3. The maximum atomic E-state index is 12.4. The van der Waals surface area contributed by atoms with Crippen LogP contribution in [0.25, 0.3) is 10.9 Å². The molecule has 1 aromatic carbocycles. The number of benzene rings is 1. The van der Waals surface area contributed by atoms with Crippen LogP contribution in [0.4, 0.5) is 14.5 Å². The fraction of sp³-hybridized carbons (Fsp3) is 0.438. The lowest BCUT2D eigenvalue weighted by Crippen LogP contribution is -2.43. The number of rotatable bonds is 5. The van der Waals surface area contributed by atoms with Crippen LogP contribution in [-0.4, -0.2) is 28.8 Å². The Balaban J connectivity index is 1.91. The number of nitrogens with one attached hydrogen (secondary N) is 1. The summed E-state index contributed by atoms with van der Waals surface area (Å²) in [6, 6.07) is 6.52. The van der Waals surface area contributed by atoms with Gasteiger partial charge in [0.2, 0.25) is 0 Å². The molecule has 1 heterocycles. The molecule has 0 unspecified atom stereocenters. The Bertz CT molecular complexity index is 687. The average Bonchev–Trinajstić information content (AvgIpc) is 2.42. The van der Waals surface area contributed by atoms with E-state index in [2.05, 4.69) is 15.0 Å². The first kappa shape index (κ1) is 15.0. The van der Waals surface area contributed by atoms with Crippen LogP contribution in [0.1, 0.15) is 25.0 Å². The predicted octanol–water partition coefficient (Wildman–Crippen LogP) is 3.47. The first-order valence-corrected chi connectivity index (χ1v) is 7.28. The molecule has 118 valence electrons. The molecular formula is C16H18F2N2O2. The van der Waals surface area contributed by atoms with Crippen molar-refractivity contribution in [1.29, 1.82) is 0 Å². The van der Waals surface area contributed by atoms with Crippen LogP contribution >= 0.6 is 0 Å². The molecule has 3 rings (SSSR count). The third kappa shape index (κ3) is 3.11. The van der Waals surface area contributed by atoms with Crippen LogP contribution < -0.4 is 10.1 Å². The topological polar surface area (TPSA) is 54.4 Å². The van der Waals surface area contributed by atoms with Gasteiger partial charge in [-0.1, -0.05) is 0 Å². The van der Waals surface area contributed by atoms with Gasteiger partial charge in [0, 0.05) is 23.3 Å². The molecule has 1 aliphatic carbocycles. The van der Waals surface area contributed by atoms with Crippen molar-refractivity contribution >= 4 is 16.6 Å². The van der Waals surface area contributed by atoms with Crippen LogP contribution in [0.2, 0.25) is 0 Å². The quantitative estimate of drug-likeness (QED) is 0.888. The Morgan fingerprint density at radius 1 is 1.36 bits per heavy atom. The number of pyridine rings is 1. The highest BCUT2D eigenvalue weighted by Gasteiger charge is 2.34. The molecule has 0 atom stereocenters. The fourth-order valence-corrected chi connectivity index (χ4v) is 2.68. The molecule has 2 N–H and O–H groups in total. The number of alkyl halides is 2. The molecule has 0 amide bonds. The van der Waals surface area contributed by atoms with Crippen molar-refractivity contribution < 1.29 is 18.6 Å². The largest absolute Gasteiger partial charge is 0.435 e. The van der Waals surface area contributed by atoms with Crippen molar-refractivity contribution in [3.05, 3.63) is 30.0 Å². The zero-order chi connectivity index (χ0) is 15.7. The Kier molecular flexibility index (Phi) is 3.87. The van der Waals surface area contributed by atoms with Gasteiger partial charge in [0.05, 0.1) is 11.1 Å². The van der Waals surface area contributed by atoms with E-state index in [1.165, 1.54) is 6.07 Å². The average molecular weight is 308 g/mol. The van der Waals surface area contributed by atoms with Crippen LogP contribution in [-0.2, 0) is 0 Å². The number of aliphatic hydroxyl groups is 1. The molecule has 0 radical (unpaired) electrons. The van der Waals surface area contributed by atoms with E-state index in [4.69, 9.17) is 0 Å². The molecule has 1 aliphatic rings. The van der Waals surface area contributed by atoms with Crippen molar-refractivity contribution in [2.75, 3.05) is 11.9 Å². The smallest absolute Gasteiger partial charge is 0.387 e. The lowest BCUT2D eigenvalue weighted by atomic mass is 9.80. The second-order valence-corrected chi connectivity index (χ2v) is 5.80. The summed E-state index contributed by atoms with van der Waals surface area (Å²) in [6.45, 7) is -0.555. The lowest BCUT2D eigenvalue weighted by molar-refractivity contribution is -0.0497. The van der Waals surface area contributed by atoms with Gasteiger partial charge in [-0.2, -0.15) is 8.78 Å². The van der Waals surface area contributed by atoms with Gasteiger partial charge in [-0.15, -0.1) is 0 Å². The fourth-order valence-electron chi connectivity index (χ4n) is 2.68. The third-order valence-corrected chi connectivity index (χ3v) is 4.03. The van der Waals surface area contributed by atoms with E-state index in [1.807, 2.05) is 13.0 Å². The van der Waals surface area contributed by atoms with Gasteiger partial charge in [0.1, 0.15) is 5.75 Å². The number of anilines is 1. The van der Waals surface area contributed by atoms with E-state index in [1.54, 1.807) is 12.1 Å². The van der Waals surface area contributed by atoms with Crippen molar-refractivity contribution in [1.82, 2.24) is 4.98 Å². The molecule has 1 fully saturated rings. The minimum atomic E-state index is -2.86. The molecule has 0 saturated heterocycles. The first-order chi connectivity index (χ1) is 10.5. The van der Waals surface area contributed by atoms with Gasteiger partial charge in [0.15, 0.2) is 0 Å². The van der Waals surface area contributed by atoms with Gasteiger partial charge in [0.25, 0.3) is 0 Å². The van der Waals surface area contributed by atoms with Crippen molar-refractivity contribution in [3.63, 3.8) is 0 Å². The highest BCUT2D eigenvalue weighted by molar-refractivity contribution is 5.92. The molecule has 0 aliphatic heterocycles. The number of hydrogen-bond acceptors (Lipinski definition) is 4. The second kappa shape index (κ2) is 5.68. The number of hydrogen-bond donors (Lipinski definition) is 2. The van der Waals surface area contributed by atoms with Crippen molar-refractivity contribution in [3.8, 4) is 5.75 Å². The lowest BCUT2D eigenvalue weighted by Gasteiger charge is -2.37. The molecule has 1 aromatic heterocycles. The summed E-state index contributed by atoms with van der Waals surface area (Å²) < 4.78 is 29.2. The Labute approximate surface area is 127 Å². The van der Waals surface area contributed by atoms with Gasteiger partial charge >= 0.3 is 6.61 Å². The SMILES string of the molecule is Cc1cc(NCC2(O)CCC2)c2cc(OC(F)F)ccc2n1. The number of aromatic nitrogens is 1. The van der Waals surface area contributed by atoms with Crippen molar-refractivity contribution in [2.45, 2.75) is 38.4 Å². The number of fused-ring (bicyclic) bond motifs is 1. The van der Waals surface area contributed by atoms with Gasteiger partial charge < -0.3 is 15.2 Å². The maximum absolute atomic E-state index is 12.4. The molecule has 0 spiro atoms. The summed E-state index contributed by atoms with van der Waals surface area (Å²) in [4.78, 5) is 4.39. The number of nitrogens with zero attached hydrogens (tertiary/aromatic N) is 1. The normalized spacial score (nSPS) is 16.6. The third-order valence-electron chi connectivity index (χ3n) is 4.03. The van der Waals surface area contributed by atoms with Crippen LogP contribution in [0.3, 0.4) is 0 Å². The number of ether oxygens (including phenoxy) is 1. The van der Waals surface area contributed by atoms with Crippen LogP contribution in [0.5, 0.6) is 5.75 Å². The molecule has 0 bridgehead atoms. The van der Waals surface area contributed by atoms with Gasteiger partial charge in [-0.25, -0.2) is 0 Å². The van der Waals surface area contributed by atoms with E-state index in [0.717, 1.165) is 30.6 Å². The molecule has 22 heavy (non-hydrogen) atoms. The zero-order valence-corrected chi connectivity index (χ0v) is 12.3. The summed E-state index contributed by atoms with van der Waals surface area (Å²) in [5.41, 5.74) is 1.62. The summed E-state index contributed by atoms with van der Waals surface area (Å²) in [6.07, 6.45) is 2.59. The molecular weight excluding hydrogens is 290 g/mol. The Morgan fingerprint density at radius 3 is 2.77 bits per heavy atom. The van der Waals surface area contributed by atoms with Gasteiger partial charge in [-0.05, 0) is 50.5 Å². The standard InChI is InChI=1S/C16H18F2N2O2/c1-10-7-14(19-9-16(21)5-2-6-16)12-8-11(22-15(17)18)3-4-13(12)20-10/h3-4,7-8,15,21H,2,5-6,9H2,1H3,(H,19,20). The van der Waals surface area contributed by atoms with Gasteiger partial charge in [-0.3, -0.25) is 4.98 Å². The summed E-state index contributed by atoms with van der Waals surface area (Å²) in [7, 11) is 0. The Morgan fingerprint density at radius 2 is 2.14 bits per heavy atom. The minimum Gasteiger partial charge on any atom is -0.435 e. The maximum Gasteiger partial charge on any atom is 0.387 e. The summed E-state index contributed by atoms with van der Waals surface area (Å²) in [5.74, 6) is 0.0959. The van der Waals surface area contributed by atoms with E-state index < -0.39 is 12.2 Å². The van der Waals surface area contributed by atoms with Crippen LogP contribution in [0.15, 0.2) is 24.3 Å². The second-order valence-electron chi connectivity index (χ2n) is 5.80.